The number of halogens is 2. The highest BCUT2D eigenvalue weighted by atomic mass is 35.5. The summed E-state index contributed by atoms with van der Waals surface area (Å²) in [6.07, 6.45) is 0. The monoisotopic (exact) mass is 393 g/mol. The standard InChI is InChI=1S/C19H21Cl2N3S/c1-14-3-2-4-17(11-14)22-19(25)24-9-7-23(8-10-24)13-15-5-6-16(20)12-18(15)21/h2-6,11-12H,7-10,13H2,1H3,(H,22,25). The molecule has 1 aliphatic heterocycles. The van der Waals surface area contributed by atoms with Crippen LogP contribution in [-0.4, -0.2) is 41.1 Å². The molecular formula is C19H21Cl2N3S. The first-order chi connectivity index (χ1) is 12.0. The summed E-state index contributed by atoms with van der Waals surface area (Å²) in [5.74, 6) is 0. The Hall–Kier alpha value is -1.33. The van der Waals surface area contributed by atoms with Gasteiger partial charge in [-0.15, -0.1) is 0 Å². The molecule has 0 saturated carbocycles. The molecule has 1 N–H and O–H groups in total. The van der Waals surface area contributed by atoms with E-state index in [1.807, 2.05) is 24.3 Å². The second-order valence-electron chi connectivity index (χ2n) is 6.30. The first kappa shape index (κ1) is 18.5. The van der Waals surface area contributed by atoms with Gasteiger partial charge in [-0.05, 0) is 54.5 Å². The first-order valence-electron chi connectivity index (χ1n) is 8.30. The van der Waals surface area contributed by atoms with Crippen molar-refractivity contribution in [3.05, 3.63) is 63.6 Å². The molecule has 1 fully saturated rings. The Balaban J connectivity index is 1.52. The SMILES string of the molecule is Cc1cccc(NC(=S)N2CCN(Cc3ccc(Cl)cc3Cl)CC2)c1. The van der Waals surface area contributed by atoms with Gasteiger partial charge in [0.2, 0.25) is 0 Å². The molecule has 1 aliphatic rings. The molecule has 132 valence electrons. The number of nitrogens with zero attached hydrogens (tertiary/aromatic N) is 2. The van der Waals surface area contributed by atoms with Gasteiger partial charge in [-0.3, -0.25) is 4.90 Å². The molecule has 3 nitrogen and oxygen atoms in total. The highest BCUT2D eigenvalue weighted by Crippen LogP contribution is 2.23. The molecule has 0 aliphatic carbocycles. The van der Waals surface area contributed by atoms with Crippen LogP contribution in [0.4, 0.5) is 5.69 Å². The van der Waals surface area contributed by atoms with E-state index in [0.717, 1.165) is 54.1 Å². The average molecular weight is 394 g/mol. The molecule has 3 rings (SSSR count). The fourth-order valence-corrected chi connectivity index (χ4v) is 3.69. The normalized spacial score (nSPS) is 15.2. The van der Waals surface area contributed by atoms with Crippen LogP contribution >= 0.6 is 35.4 Å². The molecule has 0 unspecified atom stereocenters. The minimum Gasteiger partial charge on any atom is -0.346 e. The number of nitrogens with one attached hydrogen (secondary N) is 1. The molecule has 2 aromatic rings. The van der Waals surface area contributed by atoms with Gasteiger partial charge >= 0.3 is 0 Å². The van der Waals surface area contributed by atoms with Gasteiger partial charge < -0.3 is 10.2 Å². The lowest BCUT2D eigenvalue weighted by molar-refractivity contribution is 0.177. The highest BCUT2D eigenvalue weighted by Gasteiger charge is 2.19. The van der Waals surface area contributed by atoms with Gasteiger partial charge in [-0.25, -0.2) is 0 Å². The number of hydrogen-bond acceptors (Lipinski definition) is 2. The maximum absolute atomic E-state index is 6.28. The lowest BCUT2D eigenvalue weighted by atomic mass is 10.2. The predicted molar refractivity (Wildman–Crippen MR) is 111 cm³/mol. The smallest absolute Gasteiger partial charge is 0.173 e. The van der Waals surface area contributed by atoms with E-state index in [9.17, 15) is 0 Å². The first-order valence-corrected chi connectivity index (χ1v) is 9.46. The summed E-state index contributed by atoms with van der Waals surface area (Å²) in [6.45, 7) is 6.63. The second-order valence-corrected chi connectivity index (χ2v) is 7.53. The predicted octanol–water partition coefficient (Wildman–Crippen LogP) is 4.82. The Morgan fingerprint density at radius 2 is 1.84 bits per heavy atom. The van der Waals surface area contributed by atoms with Crippen molar-refractivity contribution in [2.24, 2.45) is 0 Å². The van der Waals surface area contributed by atoms with Crippen molar-refractivity contribution in [2.75, 3.05) is 31.5 Å². The lowest BCUT2D eigenvalue weighted by Gasteiger charge is -2.36. The average Bonchev–Trinajstić information content (AvgIpc) is 2.58. The van der Waals surface area contributed by atoms with Crippen LogP contribution in [0.2, 0.25) is 10.0 Å². The van der Waals surface area contributed by atoms with E-state index >= 15 is 0 Å². The van der Waals surface area contributed by atoms with E-state index in [2.05, 4.69) is 34.2 Å². The van der Waals surface area contributed by atoms with Crippen molar-refractivity contribution in [1.82, 2.24) is 9.80 Å². The van der Waals surface area contributed by atoms with Crippen molar-refractivity contribution >= 4 is 46.2 Å². The Morgan fingerprint density at radius 1 is 1.08 bits per heavy atom. The molecule has 1 heterocycles. The Morgan fingerprint density at radius 3 is 2.52 bits per heavy atom. The third kappa shape index (κ3) is 5.08. The third-order valence-corrected chi connectivity index (χ3v) is 5.29. The van der Waals surface area contributed by atoms with Crippen LogP contribution in [0, 0.1) is 6.92 Å². The van der Waals surface area contributed by atoms with Crippen molar-refractivity contribution in [3.63, 3.8) is 0 Å². The number of thiocarbonyl (C=S) groups is 1. The van der Waals surface area contributed by atoms with E-state index in [1.54, 1.807) is 6.07 Å². The molecule has 0 bridgehead atoms. The zero-order valence-corrected chi connectivity index (χ0v) is 16.5. The van der Waals surface area contributed by atoms with Crippen molar-refractivity contribution in [1.29, 1.82) is 0 Å². The maximum Gasteiger partial charge on any atom is 0.173 e. The Bertz CT molecular complexity index is 758. The van der Waals surface area contributed by atoms with Crippen LogP contribution in [0.15, 0.2) is 42.5 Å². The summed E-state index contributed by atoms with van der Waals surface area (Å²) in [6, 6.07) is 13.9. The molecule has 0 amide bonds. The summed E-state index contributed by atoms with van der Waals surface area (Å²) in [5.41, 5.74) is 3.37. The van der Waals surface area contributed by atoms with Crippen molar-refractivity contribution in [2.45, 2.75) is 13.5 Å². The van der Waals surface area contributed by atoms with Gasteiger partial charge in [-0.2, -0.15) is 0 Å². The number of piperazine rings is 1. The largest absolute Gasteiger partial charge is 0.346 e. The molecular weight excluding hydrogens is 373 g/mol. The van der Waals surface area contributed by atoms with Crippen LogP contribution in [0.3, 0.4) is 0 Å². The van der Waals surface area contributed by atoms with Crippen LogP contribution in [0.25, 0.3) is 0 Å². The molecule has 25 heavy (non-hydrogen) atoms. The van der Waals surface area contributed by atoms with Gasteiger partial charge in [0.1, 0.15) is 0 Å². The molecule has 0 spiro atoms. The summed E-state index contributed by atoms with van der Waals surface area (Å²) < 4.78 is 0. The molecule has 1 saturated heterocycles. The fraction of sp³-hybridized carbons (Fsp3) is 0.316. The summed E-state index contributed by atoms with van der Waals surface area (Å²) in [5, 5.41) is 5.52. The van der Waals surface area contributed by atoms with Crippen molar-refractivity contribution in [3.8, 4) is 0 Å². The Labute approximate surface area is 164 Å². The van der Waals surface area contributed by atoms with E-state index in [4.69, 9.17) is 35.4 Å². The van der Waals surface area contributed by atoms with Gasteiger partial charge in [0.25, 0.3) is 0 Å². The lowest BCUT2D eigenvalue weighted by Crippen LogP contribution is -2.49. The molecule has 2 aromatic carbocycles. The zero-order valence-electron chi connectivity index (χ0n) is 14.1. The van der Waals surface area contributed by atoms with Crippen LogP contribution in [0.1, 0.15) is 11.1 Å². The molecule has 0 radical (unpaired) electrons. The van der Waals surface area contributed by atoms with Gasteiger partial charge in [0.15, 0.2) is 5.11 Å². The Kier molecular flexibility index (Phi) is 6.18. The van der Waals surface area contributed by atoms with Crippen LogP contribution in [-0.2, 0) is 6.54 Å². The fourth-order valence-electron chi connectivity index (χ4n) is 2.93. The molecule has 0 aromatic heterocycles. The molecule has 6 heteroatoms. The molecule has 0 atom stereocenters. The summed E-state index contributed by atoms with van der Waals surface area (Å²) >= 11 is 17.8. The highest BCUT2D eigenvalue weighted by molar-refractivity contribution is 7.80. The quantitative estimate of drug-likeness (QED) is 0.753. The van der Waals surface area contributed by atoms with Gasteiger partial charge in [0.05, 0.1) is 0 Å². The van der Waals surface area contributed by atoms with Crippen LogP contribution in [0.5, 0.6) is 0 Å². The van der Waals surface area contributed by atoms with E-state index in [0.29, 0.717) is 5.02 Å². The number of benzene rings is 2. The number of hydrogen-bond donors (Lipinski definition) is 1. The maximum atomic E-state index is 6.28. The summed E-state index contributed by atoms with van der Waals surface area (Å²) in [7, 11) is 0. The van der Waals surface area contributed by atoms with Gasteiger partial charge in [0, 0.05) is 48.5 Å². The zero-order chi connectivity index (χ0) is 17.8. The van der Waals surface area contributed by atoms with E-state index < -0.39 is 0 Å². The van der Waals surface area contributed by atoms with Crippen molar-refractivity contribution < 1.29 is 0 Å². The van der Waals surface area contributed by atoms with Crippen LogP contribution < -0.4 is 5.32 Å². The third-order valence-electron chi connectivity index (χ3n) is 4.34. The second kappa shape index (κ2) is 8.37. The topological polar surface area (TPSA) is 18.5 Å². The minimum absolute atomic E-state index is 0.672. The van der Waals surface area contributed by atoms with E-state index in [1.165, 1.54) is 5.56 Å². The van der Waals surface area contributed by atoms with Gasteiger partial charge in [-0.1, -0.05) is 41.4 Å². The van der Waals surface area contributed by atoms with E-state index in [-0.39, 0.29) is 0 Å². The minimum atomic E-state index is 0.672. The number of rotatable bonds is 3. The summed E-state index contributed by atoms with van der Waals surface area (Å²) in [4.78, 5) is 4.61. The number of aryl methyl sites for hydroxylation is 1. The number of anilines is 1.